The zero-order valence-corrected chi connectivity index (χ0v) is 11.5. The lowest BCUT2D eigenvalue weighted by atomic mass is 9.72. The average Bonchev–Trinajstić information content (AvgIpc) is 2.81. The molecule has 0 bridgehead atoms. The average molecular weight is 257 g/mol. The highest BCUT2D eigenvalue weighted by Crippen LogP contribution is 2.46. The van der Waals surface area contributed by atoms with Crippen LogP contribution in [0.15, 0.2) is 29.2 Å². The second-order valence-electron chi connectivity index (χ2n) is 5.71. The van der Waals surface area contributed by atoms with E-state index in [4.69, 9.17) is 0 Å². The molecule has 0 aromatic heterocycles. The fourth-order valence-electron chi connectivity index (χ4n) is 3.39. The molecule has 2 aliphatic rings. The number of rotatable bonds is 2. The molecular formula is C16H19NS. The molecule has 1 saturated carbocycles. The van der Waals surface area contributed by atoms with Crippen molar-refractivity contribution in [1.82, 2.24) is 0 Å². The smallest absolute Gasteiger partial charge is 0.0690 e. The van der Waals surface area contributed by atoms with Crippen molar-refractivity contribution in [2.24, 2.45) is 5.41 Å². The Hall–Kier alpha value is -0.940. The van der Waals surface area contributed by atoms with E-state index < -0.39 is 0 Å². The Kier molecular flexibility index (Phi) is 3.35. The normalized spacial score (nSPS) is 25.4. The first-order chi connectivity index (χ1) is 8.81. The van der Waals surface area contributed by atoms with Crippen molar-refractivity contribution < 1.29 is 0 Å². The monoisotopic (exact) mass is 257 g/mol. The highest BCUT2D eigenvalue weighted by Gasteiger charge is 2.36. The molecule has 0 spiro atoms. The van der Waals surface area contributed by atoms with Crippen molar-refractivity contribution >= 4 is 11.8 Å². The number of nitriles is 1. The van der Waals surface area contributed by atoms with Crippen LogP contribution in [0.4, 0.5) is 0 Å². The molecule has 1 unspecified atom stereocenters. The molecule has 1 nitrogen and oxygen atoms in total. The summed E-state index contributed by atoms with van der Waals surface area (Å²) in [4.78, 5) is 1.44. The summed E-state index contributed by atoms with van der Waals surface area (Å²) in [6.07, 6.45) is 8.30. The van der Waals surface area contributed by atoms with Crippen LogP contribution in [0.2, 0.25) is 0 Å². The summed E-state index contributed by atoms with van der Waals surface area (Å²) >= 11 is 1.99. The molecule has 1 aliphatic heterocycles. The molecule has 1 atom stereocenters. The molecular weight excluding hydrogens is 238 g/mol. The second-order valence-corrected chi connectivity index (χ2v) is 7.05. The van der Waals surface area contributed by atoms with Gasteiger partial charge in [0.2, 0.25) is 0 Å². The number of nitrogens with zero attached hydrogens (tertiary/aromatic N) is 1. The molecule has 1 aromatic carbocycles. The van der Waals surface area contributed by atoms with Gasteiger partial charge in [0.15, 0.2) is 0 Å². The van der Waals surface area contributed by atoms with Gasteiger partial charge in [-0.1, -0.05) is 37.5 Å². The van der Waals surface area contributed by atoms with Crippen molar-refractivity contribution in [2.45, 2.75) is 55.1 Å². The van der Waals surface area contributed by atoms with Crippen LogP contribution < -0.4 is 0 Å². The lowest BCUT2D eigenvalue weighted by Crippen LogP contribution is -2.26. The molecule has 1 aliphatic carbocycles. The van der Waals surface area contributed by atoms with Crippen LogP contribution in [0.5, 0.6) is 0 Å². The van der Waals surface area contributed by atoms with Crippen LogP contribution in [-0.4, -0.2) is 5.25 Å². The van der Waals surface area contributed by atoms with Gasteiger partial charge in [-0.3, -0.25) is 0 Å². The summed E-state index contributed by atoms with van der Waals surface area (Å²) in [5.74, 6) is 0. The maximum atomic E-state index is 9.56. The maximum absolute atomic E-state index is 9.56. The number of thioether (sulfide) groups is 1. The Labute approximate surface area is 114 Å². The summed E-state index contributed by atoms with van der Waals surface area (Å²) in [7, 11) is 0. The highest BCUT2D eigenvalue weighted by molar-refractivity contribution is 8.00. The van der Waals surface area contributed by atoms with Gasteiger partial charge in [0, 0.05) is 10.1 Å². The molecule has 1 fully saturated rings. The minimum Gasteiger partial charge on any atom is -0.198 e. The van der Waals surface area contributed by atoms with Crippen LogP contribution in [0.1, 0.15) is 44.1 Å². The van der Waals surface area contributed by atoms with Crippen LogP contribution in [-0.2, 0) is 6.42 Å². The van der Waals surface area contributed by atoms with Crippen molar-refractivity contribution in [3.8, 4) is 6.07 Å². The number of benzene rings is 1. The van der Waals surface area contributed by atoms with E-state index in [2.05, 4.69) is 30.3 Å². The molecule has 0 radical (unpaired) electrons. The quantitative estimate of drug-likeness (QED) is 0.775. The standard InChI is InChI=1S/C16H19NS/c17-12-16(8-4-1-5-9-16)11-14-10-13-6-2-3-7-15(13)18-14/h2-3,6-7,14H,1,4-5,8-11H2. The zero-order valence-electron chi connectivity index (χ0n) is 10.7. The summed E-state index contributed by atoms with van der Waals surface area (Å²) in [5.41, 5.74) is 1.47. The van der Waals surface area contributed by atoms with Gasteiger partial charge in [0.05, 0.1) is 11.5 Å². The molecule has 1 aromatic rings. The molecule has 3 rings (SSSR count). The summed E-state index contributed by atoms with van der Waals surface area (Å²) in [6.45, 7) is 0. The maximum Gasteiger partial charge on any atom is 0.0690 e. The van der Waals surface area contributed by atoms with E-state index in [1.165, 1.54) is 29.7 Å². The van der Waals surface area contributed by atoms with Crippen LogP contribution in [0.3, 0.4) is 0 Å². The first-order valence-electron chi connectivity index (χ1n) is 6.97. The van der Waals surface area contributed by atoms with E-state index in [9.17, 15) is 5.26 Å². The summed E-state index contributed by atoms with van der Waals surface area (Å²) in [6, 6.07) is 11.4. The Morgan fingerprint density at radius 1 is 1.22 bits per heavy atom. The van der Waals surface area contributed by atoms with E-state index in [1.54, 1.807) is 0 Å². The SMILES string of the molecule is N#CC1(CC2Cc3ccccc3S2)CCCCC1. The molecule has 94 valence electrons. The Balaban J connectivity index is 1.70. The number of fused-ring (bicyclic) bond motifs is 1. The van der Waals surface area contributed by atoms with Crippen molar-refractivity contribution in [3.63, 3.8) is 0 Å². The van der Waals surface area contributed by atoms with Crippen LogP contribution in [0, 0.1) is 16.7 Å². The molecule has 1 heterocycles. The lowest BCUT2D eigenvalue weighted by Gasteiger charge is -2.32. The molecule has 0 N–H and O–H groups in total. The van der Waals surface area contributed by atoms with Crippen molar-refractivity contribution in [2.75, 3.05) is 0 Å². The van der Waals surface area contributed by atoms with E-state index >= 15 is 0 Å². The van der Waals surface area contributed by atoms with Gasteiger partial charge < -0.3 is 0 Å². The largest absolute Gasteiger partial charge is 0.198 e. The predicted molar refractivity (Wildman–Crippen MR) is 75.5 cm³/mol. The Bertz CT molecular complexity index is 443. The summed E-state index contributed by atoms with van der Waals surface area (Å²) < 4.78 is 0. The van der Waals surface area contributed by atoms with E-state index in [-0.39, 0.29) is 5.41 Å². The number of hydrogen-bond donors (Lipinski definition) is 0. The predicted octanol–water partition coefficient (Wildman–Crippen LogP) is 4.57. The van der Waals surface area contributed by atoms with Gasteiger partial charge in [-0.05, 0) is 37.3 Å². The first-order valence-corrected chi connectivity index (χ1v) is 7.85. The lowest BCUT2D eigenvalue weighted by molar-refractivity contribution is 0.247. The van der Waals surface area contributed by atoms with Gasteiger partial charge in [-0.2, -0.15) is 5.26 Å². The van der Waals surface area contributed by atoms with Gasteiger partial charge in [0.25, 0.3) is 0 Å². The first kappa shape index (κ1) is 12.1. The number of hydrogen-bond acceptors (Lipinski definition) is 2. The molecule has 18 heavy (non-hydrogen) atoms. The topological polar surface area (TPSA) is 23.8 Å². The molecule has 2 heteroatoms. The fraction of sp³-hybridized carbons (Fsp3) is 0.562. The van der Waals surface area contributed by atoms with Gasteiger partial charge in [-0.15, -0.1) is 11.8 Å². The van der Waals surface area contributed by atoms with Gasteiger partial charge in [-0.25, -0.2) is 0 Å². The third kappa shape index (κ3) is 2.29. The minimum atomic E-state index is -0.0159. The third-order valence-corrected chi connectivity index (χ3v) is 5.70. The third-order valence-electron chi connectivity index (χ3n) is 4.38. The van der Waals surface area contributed by atoms with Crippen molar-refractivity contribution in [3.05, 3.63) is 29.8 Å². The van der Waals surface area contributed by atoms with E-state index in [1.807, 2.05) is 11.8 Å². The van der Waals surface area contributed by atoms with E-state index in [0.29, 0.717) is 5.25 Å². The van der Waals surface area contributed by atoms with Gasteiger partial charge >= 0.3 is 0 Å². The Morgan fingerprint density at radius 3 is 2.72 bits per heavy atom. The highest BCUT2D eigenvalue weighted by atomic mass is 32.2. The second kappa shape index (κ2) is 4.97. The fourth-order valence-corrected chi connectivity index (χ4v) is 4.88. The molecule has 0 saturated heterocycles. The summed E-state index contributed by atoms with van der Waals surface area (Å²) in [5, 5.41) is 10.2. The van der Waals surface area contributed by atoms with Crippen LogP contribution >= 0.6 is 11.8 Å². The van der Waals surface area contributed by atoms with E-state index in [0.717, 1.165) is 25.7 Å². The Morgan fingerprint density at radius 2 is 2.00 bits per heavy atom. The van der Waals surface area contributed by atoms with Crippen molar-refractivity contribution in [1.29, 1.82) is 5.26 Å². The van der Waals surface area contributed by atoms with Crippen LogP contribution in [0.25, 0.3) is 0 Å². The zero-order chi connectivity index (χ0) is 12.4. The minimum absolute atomic E-state index is 0.0159. The van der Waals surface area contributed by atoms with Gasteiger partial charge in [0.1, 0.15) is 0 Å². The molecule has 0 amide bonds.